The maximum absolute atomic E-state index is 12.6. The molecule has 0 spiro atoms. The molecule has 6 heteroatoms. The van der Waals surface area contributed by atoms with E-state index in [-0.39, 0.29) is 23.3 Å². The molecule has 2 heterocycles. The Hall–Kier alpha value is -1.59. The van der Waals surface area contributed by atoms with Gasteiger partial charge in [0, 0.05) is 11.6 Å². The van der Waals surface area contributed by atoms with Gasteiger partial charge in [-0.25, -0.2) is 0 Å². The van der Waals surface area contributed by atoms with Crippen molar-refractivity contribution >= 4 is 28.4 Å². The Morgan fingerprint density at radius 1 is 1.38 bits per heavy atom. The van der Waals surface area contributed by atoms with E-state index in [4.69, 9.17) is 11.6 Å². The van der Waals surface area contributed by atoms with Crippen LogP contribution in [-0.4, -0.2) is 32.6 Å². The van der Waals surface area contributed by atoms with E-state index in [1.54, 1.807) is 18.5 Å². The average molecular weight is 348 g/mol. The number of rotatable bonds is 2. The number of halogens is 1. The fourth-order valence-electron chi connectivity index (χ4n) is 4.75. The summed E-state index contributed by atoms with van der Waals surface area (Å²) < 4.78 is 0. The van der Waals surface area contributed by atoms with Gasteiger partial charge >= 0.3 is 0 Å². The zero-order valence-corrected chi connectivity index (χ0v) is 14.8. The van der Waals surface area contributed by atoms with Crippen LogP contribution in [0.25, 0.3) is 10.9 Å². The number of aliphatic hydroxyl groups is 1. The standard InChI is InChI=1S/C18H22ClN3O2/c1-17(2)9-4-14(17)18(3,24)15(5-9)22-16(23)12-6-10-11(19)7-20-8-13(10)21-12/h6-9,14-15,21,24H,4-5H2,1-3H3,(H,22,23)/t9-,14-,15+,18-/m1/s1. The molecule has 2 bridgehead atoms. The predicted octanol–water partition coefficient (Wildman–Crippen LogP) is 3.13. The van der Waals surface area contributed by atoms with Gasteiger partial charge in [-0.05, 0) is 43.1 Å². The van der Waals surface area contributed by atoms with E-state index in [0.717, 1.165) is 23.7 Å². The summed E-state index contributed by atoms with van der Waals surface area (Å²) in [5.41, 5.74) is 0.422. The second-order valence-corrected chi connectivity index (χ2v) is 8.47. The van der Waals surface area contributed by atoms with Gasteiger partial charge in [0.1, 0.15) is 5.69 Å². The summed E-state index contributed by atoms with van der Waals surface area (Å²) in [4.78, 5) is 19.7. The number of fused-ring (bicyclic) bond motifs is 3. The average Bonchev–Trinajstić information content (AvgIpc) is 2.94. The molecule has 128 valence electrons. The van der Waals surface area contributed by atoms with E-state index in [2.05, 4.69) is 29.1 Å². The van der Waals surface area contributed by atoms with Crippen molar-refractivity contribution in [3.05, 3.63) is 29.2 Å². The number of amides is 1. The van der Waals surface area contributed by atoms with Crippen LogP contribution in [0.4, 0.5) is 0 Å². The second kappa shape index (κ2) is 4.96. The van der Waals surface area contributed by atoms with E-state index < -0.39 is 5.60 Å². The SMILES string of the molecule is CC1(C)[C@H]2C[C@H](NC(=O)c3cc4c(Cl)cncc4[nH]3)[C@](C)(O)[C@@H]1C2. The first-order valence-corrected chi connectivity index (χ1v) is 8.74. The second-order valence-electron chi connectivity index (χ2n) is 8.06. The first kappa shape index (κ1) is 15.9. The molecular formula is C18H22ClN3O2. The van der Waals surface area contributed by atoms with Crippen LogP contribution in [0.5, 0.6) is 0 Å². The molecule has 5 rings (SSSR count). The molecule has 3 fully saturated rings. The molecule has 0 aliphatic heterocycles. The molecule has 0 radical (unpaired) electrons. The van der Waals surface area contributed by atoms with E-state index in [1.807, 2.05) is 6.92 Å². The Balaban J connectivity index is 1.57. The highest BCUT2D eigenvalue weighted by Crippen LogP contribution is 2.62. The van der Waals surface area contributed by atoms with Crippen molar-refractivity contribution in [3.63, 3.8) is 0 Å². The van der Waals surface area contributed by atoms with E-state index in [9.17, 15) is 9.90 Å². The Morgan fingerprint density at radius 2 is 2.12 bits per heavy atom. The summed E-state index contributed by atoms with van der Waals surface area (Å²) >= 11 is 6.11. The van der Waals surface area contributed by atoms with Crippen molar-refractivity contribution in [3.8, 4) is 0 Å². The zero-order valence-electron chi connectivity index (χ0n) is 14.1. The maximum Gasteiger partial charge on any atom is 0.268 e. The van der Waals surface area contributed by atoms with E-state index in [1.165, 1.54) is 0 Å². The Kier molecular flexibility index (Phi) is 3.29. The van der Waals surface area contributed by atoms with Crippen LogP contribution in [0.1, 0.15) is 44.1 Å². The Labute approximate surface area is 145 Å². The fourth-order valence-corrected chi connectivity index (χ4v) is 4.97. The van der Waals surface area contributed by atoms with Crippen molar-refractivity contribution in [1.82, 2.24) is 15.3 Å². The monoisotopic (exact) mass is 347 g/mol. The molecule has 3 aliphatic rings. The molecule has 0 saturated heterocycles. The Bertz CT molecular complexity index is 827. The van der Waals surface area contributed by atoms with Crippen LogP contribution in [0.2, 0.25) is 5.02 Å². The molecule has 0 unspecified atom stereocenters. The van der Waals surface area contributed by atoms with Gasteiger partial charge in [-0.15, -0.1) is 0 Å². The van der Waals surface area contributed by atoms with E-state index >= 15 is 0 Å². The van der Waals surface area contributed by atoms with Crippen LogP contribution in [-0.2, 0) is 0 Å². The van der Waals surface area contributed by atoms with Gasteiger partial charge in [-0.1, -0.05) is 25.4 Å². The summed E-state index contributed by atoms with van der Waals surface area (Å²) in [6, 6.07) is 1.50. The highest BCUT2D eigenvalue weighted by molar-refractivity contribution is 6.35. The van der Waals surface area contributed by atoms with Crippen molar-refractivity contribution in [2.45, 2.75) is 45.3 Å². The van der Waals surface area contributed by atoms with Gasteiger partial charge in [-0.3, -0.25) is 9.78 Å². The summed E-state index contributed by atoms with van der Waals surface area (Å²) in [6.45, 7) is 6.28. The van der Waals surface area contributed by atoms with Gasteiger partial charge in [0.2, 0.25) is 0 Å². The van der Waals surface area contributed by atoms with Gasteiger partial charge in [0.05, 0.1) is 28.4 Å². The number of aromatic nitrogens is 2. The summed E-state index contributed by atoms with van der Waals surface area (Å²) in [7, 11) is 0. The van der Waals surface area contributed by atoms with Crippen LogP contribution in [0, 0.1) is 17.3 Å². The van der Waals surface area contributed by atoms with Crippen LogP contribution < -0.4 is 5.32 Å². The zero-order chi connectivity index (χ0) is 17.3. The minimum Gasteiger partial charge on any atom is -0.388 e. The summed E-state index contributed by atoms with van der Waals surface area (Å²) in [5, 5.41) is 15.3. The number of aromatic amines is 1. The van der Waals surface area contributed by atoms with Gasteiger partial charge in [0.15, 0.2) is 0 Å². The number of nitrogens with zero attached hydrogens (tertiary/aromatic N) is 1. The molecule has 3 N–H and O–H groups in total. The largest absolute Gasteiger partial charge is 0.388 e. The summed E-state index contributed by atoms with van der Waals surface area (Å²) in [5.74, 6) is 0.552. The third-order valence-electron chi connectivity index (χ3n) is 6.45. The number of carbonyl (C=O) groups excluding carboxylic acids is 1. The number of H-pyrrole nitrogens is 1. The fraction of sp³-hybridized carbons (Fsp3) is 0.556. The van der Waals surface area contributed by atoms with Gasteiger partial charge in [-0.2, -0.15) is 0 Å². The first-order valence-electron chi connectivity index (χ1n) is 8.36. The quantitative estimate of drug-likeness (QED) is 0.781. The Morgan fingerprint density at radius 3 is 2.75 bits per heavy atom. The topological polar surface area (TPSA) is 78.0 Å². The van der Waals surface area contributed by atoms with Crippen molar-refractivity contribution < 1.29 is 9.90 Å². The molecule has 0 aromatic carbocycles. The molecule has 2 aromatic heterocycles. The lowest BCUT2D eigenvalue weighted by molar-refractivity contribution is -0.207. The van der Waals surface area contributed by atoms with Crippen molar-refractivity contribution in [2.24, 2.45) is 17.3 Å². The molecule has 3 aliphatic carbocycles. The maximum atomic E-state index is 12.6. The predicted molar refractivity (Wildman–Crippen MR) is 93.0 cm³/mol. The minimum atomic E-state index is -0.890. The molecule has 5 nitrogen and oxygen atoms in total. The lowest BCUT2D eigenvalue weighted by Crippen LogP contribution is -2.70. The van der Waals surface area contributed by atoms with Crippen molar-refractivity contribution in [2.75, 3.05) is 0 Å². The number of hydrogen-bond acceptors (Lipinski definition) is 3. The molecular weight excluding hydrogens is 326 g/mol. The highest BCUT2D eigenvalue weighted by Gasteiger charge is 2.63. The molecule has 24 heavy (non-hydrogen) atoms. The van der Waals surface area contributed by atoms with Gasteiger partial charge in [0.25, 0.3) is 5.91 Å². The number of hydrogen-bond donors (Lipinski definition) is 3. The lowest BCUT2D eigenvalue weighted by atomic mass is 9.43. The lowest BCUT2D eigenvalue weighted by Gasteiger charge is -2.65. The molecule has 3 saturated carbocycles. The van der Waals surface area contributed by atoms with Crippen LogP contribution in [0.15, 0.2) is 18.5 Å². The molecule has 1 amide bonds. The van der Waals surface area contributed by atoms with E-state index in [0.29, 0.717) is 16.6 Å². The summed E-state index contributed by atoms with van der Waals surface area (Å²) in [6.07, 6.45) is 5.05. The minimum absolute atomic E-state index is 0.144. The normalized spacial score (nSPS) is 34.0. The molecule has 2 aromatic rings. The van der Waals surface area contributed by atoms with Crippen molar-refractivity contribution in [1.29, 1.82) is 0 Å². The van der Waals surface area contributed by atoms with Gasteiger partial charge < -0.3 is 15.4 Å². The van der Waals surface area contributed by atoms with Crippen LogP contribution >= 0.6 is 11.6 Å². The number of nitrogens with one attached hydrogen (secondary N) is 2. The third-order valence-corrected chi connectivity index (χ3v) is 6.75. The number of carbonyl (C=O) groups is 1. The molecule has 4 atom stereocenters. The number of pyridine rings is 1. The smallest absolute Gasteiger partial charge is 0.268 e. The third kappa shape index (κ3) is 2.11. The first-order chi connectivity index (χ1) is 11.2. The highest BCUT2D eigenvalue weighted by atomic mass is 35.5. The van der Waals surface area contributed by atoms with Crippen LogP contribution in [0.3, 0.4) is 0 Å².